The summed E-state index contributed by atoms with van der Waals surface area (Å²) in [6.45, 7) is 3.88. The molecule has 1 N–H and O–H groups in total. The molecule has 0 bridgehead atoms. The lowest BCUT2D eigenvalue weighted by atomic mass is 10.1. The van der Waals surface area contributed by atoms with E-state index in [0.29, 0.717) is 19.3 Å². The van der Waals surface area contributed by atoms with Gasteiger partial charge in [0.1, 0.15) is 6.61 Å². The SMILES string of the molecule is CCC=CCC=CCC=CCC=CCC=CCC=CCCC(=O)OC(CO)COC(=O)CCCC=CCC=CCC=CCCCCCCCC. The van der Waals surface area contributed by atoms with Crippen LogP contribution < -0.4 is 0 Å². The molecule has 0 aliphatic rings. The van der Waals surface area contributed by atoms with Crippen LogP contribution in [0.3, 0.4) is 0 Å². The minimum Gasteiger partial charge on any atom is -0.462 e. The van der Waals surface area contributed by atoms with Gasteiger partial charge in [-0.15, -0.1) is 0 Å². The summed E-state index contributed by atoms with van der Waals surface area (Å²) in [7, 11) is 0. The van der Waals surface area contributed by atoms with Crippen LogP contribution >= 0.6 is 0 Å². The highest BCUT2D eigenvalue weighted by molar-refractivity contribution is 5.70. The second-order valence-electron chi connectivity index (χ2n) is 12.3. The molecule has 0 rings (SSSR count). The molecule has 0 aliphatic heterocycles. The number of hydrogen-bond acceptors (Lipinski definition) is 5. The molecule has 1 unspecified atom stereocenters. The first kappa shape index (κ1) is 46.6. The number of unbranched alkanes of at least 4 members (excludes halogenated alkanes) is 7. The number of hydrogen-bond donors (Lipinski definition) is 1. The fourth-order valence-corrected chi connectivity index (χ4v) is 4.65. The predicted octanol–water partition coefficient (Wildman–Crippen LogP) is 12.3. The molecule has 0 aromatic heterocycles. The zero-order valence-electron chi connectivity index (χ0n) is 31.6. The van der Waals surface area contributed by atoms with Crippen LogP contribution in [0.1, 0.15) is 142 Å². The Kier molecular flexibility index (Phi) is 37.2. The average molecular weight is 691 g/mol. The summed E-state index contributed by atoms with van der Waals surface area (Å²) < 4.78 is 10.5. The summed E-state index contributed by atoms with van der Waals surface area (Å²) in [4.78, 5) is 24.2. The number of rotatable bonds is 33. The molecule has 0 amide bonds. The third kappa shape index (κ3) is 37.4. The van der Waals surface area contributed by atoms with Crippen LogP contribution in [-0.4, -0.2) is 36.4 Å². The molecule has 0 heterocycles. The van der Waals surface area contributed by atoms with Crippen molar-refractivity contribution in [2.75, 3.05) is 13.2 Å². The van der Waals surface area contributed by atoms with E-state index >= 15 is 0 Å². The monoisotopic (exact) mass is 691 g/mol. The van der Waals surface area contributed by atoms with E-state index < -0.39 is 12.1 Å². The molecule has 5 heteroatoms. The quantitative estimate of drug-likeness (QED) is 0.0421. The highest BCUT2D eigenvalue weighted by Crippen LogP contribution is 2.08. The number of esters is 2. The zero-order chi connectivity index (χ0) is 36.4. The Morgan fingerprint density at radius 2 is 0.900 bits per heavy atom. The molecular formula is C45H70O5. The van der Waals surface area contributed by atoms with Crippen LogP contribution in [0.15, 0.2) is 109 Å². The van der Waals surface area contributed by atoms with E-state index in [1.165, 1.54) is 44.9 Å². The van der Waals surface area contributed by atoms with Crippen LogP contribution in [0.25, 0.3) is 0 Å². The van der Waals surface area contributed by atoms with Gasteiger partial charge in [0.15, 0.2) is 6.10 Å². The van der Waals surface area contributed by atoms with Crippen molar-refractivity contribution in [3.05, 3.63) is 109 Å². The van der Waals surface area contributed by atoms with Crippen LogP contribution in [0.5, 0.6) is 0 Å². The Hall–Kier alpha value is -3.44. The van der Waals surface area contributed by atoms with E-state index in [0.717, 1.165) is 57.8 Å². The Morgan fingerprint density at radius 3 is 1.38 bits per heavy atom. The Morgan fingerprint density at radius 1 is 0.480 bits per heavy atom. The molecule has 5 nitrogen and oxygen atoms in total. The van der Waals surface area contributed by atoms with Crippen LogP contribution in [0.2, 0.25) is 0 Å². The molecular weight excluding hydrogens is 620 g/mol. The molecule has 0 saturated carbocycles. The van der Waals surface area contributed by atoms with Gasteiger partial charge in [0.05, 0.1) is 6.61 Å². The molecule has 0 fully saturated rings. The summed E-state index contributed by atoms with van der Waals surface area (Å²) in [5.74, 6) is -0.762. The molecule has 0 saturated heterocycles. The molecule has 280 valence electrons. The number of ether oxygens (including phenoxy) is 2. The van der Waals surface area contributed by atoms with Gasteiger partial charge in [0, 0.05) is 12.8 Å². The molecule has 0 aromatic rings. The first-order valence-corrected chi connectivity index (χ1v) is 19.4. The van der Waals surface area contributed by atoms with Crippen molar-refractivity contribution >= 4 is 11.9 Å². The minimum absolute atomic E-state index is 0.130. The van der Waals surface area contributed by atoms with Gasteiger partial charge < -0.3 is 14.6 Å². The summed E-state index contributed by atoms with van der Waals surface area (Å²) in [6.07, 6.45) is 57.3. The van der Waals surface area contributed by atoms with Crippen molar-refractivity contribution in [1.29, 1.82) is 0 Å². The van der Waals surface area contributed by atoms with E-state index in [2.05, 4.69) is 111 Å². The fraction of sp³-hybridized carbons (Fsp3) is 0.556. The summed E-state index contributed by atoms with van der Waals surface area (Å²) in [5, 5.41) is 9.53. The molecule has 0 spiro atoms. The number of allylic oxidation sites excluding steroid dienone is 18. The molecule has 1 atom stereocenters. The van der Waals surface area contributed by atoms with Crippen molar-refractivity contribution in [3.63, 3.8) is 0 Å². The van der Waals surface area contributed by atoms with Gasteiger partial charge in [0.25, 0.3) is 0 Å². The first-order chi connectivity index (χ1) is 24.6. The second-order valence-corrected chi connectivity index (χ2v) is 12.3. The van der Waals surface area contributed by atoms with Gasteiger partial charge in [-0.1, -0.05) is 155 Å². The lowest BCUT2D eigenvalue weighted by Gasteiger charge is -2.15. The lowest BCUT2D eigenvalue weighted by Crippen LogP contribution is -2.28. The highest BCUT2D eigenvalue weighted by atomic mass is 16.6. The number of aliphatic hydroxyl groups excluding tert-OH is 1. The van der Waals surface area contributed by atoms with Crippen molar-refractivity contribution < 1.29 is 24.2 Å². The van der Waals surface area contributed by atoms with Crippen molar-refractivity contribution in [2.45, 2.75) is 148 Å². The van der Waals surface area contributed by atoms with Gasteiger partial charge in [-0.3, -0.25) is 9.59 Å². The molecule has 0 aliphatic carbocycles. The standard InChI is InChI=1S/C45H70O5/c1-3-5-7-9-11-13-15-17-19-21-22-24-26-28-30-32-34-36-38-40-45(48)50-43(41-46)42-49-44(47)39-37-35-33-31-29-27-25-23-20-18-16-14-12-10-8-6-4-2/h5,7,11,13,17-20,22,24-25,27-28,30-31,33-34,36,43,46H,3-4,6,8-10,12,14-16,21,23,26,29,32,35,37-42H2,1-2H3. The van der Waals surface area contributed by atoms with E-state index in [4.69, 9.17) is 9.47 Å². The van der Waals surface area contributed by atoms with Gasteiger partial charge in [0.2, 0.25) is 0 Å². The molecule has 0 aromatic carbocycles. The van der Waals surface area contributed by atoms with E-state index in [-0.39, 0.29) is 25.6 Å². The maximum atomic E-state index is 12.1. The van der Waals surface area contributed by atoms with Crippen LogP contribution in [-0.2, 0) is 19.1 Å². The smallest absolute Gasteiger partial charge is 0.306 e. The van der Waals surface area contributed by atoms with Gasteiger partial charge in [-0.2, -0.15) is 0 Å². The zero-order valence-corrected chi connectivity index (χ0v) is 31.6. The van der Waals surface area contributed by atoms with Crippen molar-refractivity contribution in [2.24, 2.45) is 0 Å². The minimum atomic E-state index is -0.839. The summed E-state index contributed by atoms with van der Waals surface area (Å²) in [5.41, 5.74) is 0. The largest absolute Gasteiger partial charge is 0.462 e. The summed E-state index contributed by atoms with van der Waals surface area (Å²) >= 11 is 0. The first-order valence-electron chi connectivity index (χ1n) is 19.4. The Bertz CT molecular complexity index is 1050. The second kappa shape index (κ2) is 40.0. The number of aliphatic hydroxyl groups is 1. The fourth-order valence-electron chi connectivity index (χ4n) is 4.65. The normalized spacial score (nSPS) is 13.4. The molecule has 0 radical (unpaired) electrons. The third-order valence-corrected chi connectivity index (χ3v) is 7.56. The van der Waals surface area contributed by atoms with Gasteiger partial charge >= 0.3 is 11.9 Å². The lowest BCUT2D eigenvalue weighted by molar-refractivity contribution is -0.161. The van der Waals surface area contributed by atoms with E-state index in [1.54, 1.807) is 0 Å². The highest BCUT2D eigenvalue weighted by Gasteiger charge is 2.15. The van der Waals surface area contributed by atoms with Crippen molar-refractivity contribution in [3.8, 4) is 0 Å². The molecule has 50 heavy (non-hydrogen) atoms. The van der Waals surface area contributed by atoms with Crippen LogP contribution in [0, 0.1) is 0 Å². The van der Waals surface area contributed by atoms with Crippen molar-refractivity contribution in [1.82, 2.24) is 0 Å². The Labute approximate surface area is 306 Å². The number of carbonyl (C=O) groups is 2. The van der Waals surface area contributed by atoms with Gasteiger partial charge in [-0.05, 0) is 83.5 Å². The topological polar surface area (TPSA) is 72.8 Å². The summed E-state index contributed by atoms with van der Waals surface area (Å²) in [6, 6.07) is 0. The maximum absolute atomic E-state index is 12.1. The van der Waals surface area contributed by atoms with E-state index in [1.807, 2.05) is 12.2 Å². The van der Waals surface area contributed by atoms with E-state index in [9.17, 15) is 14.7 Å². The Balaban J connectivity index is 3.82. The van der Waals surface area contributed by atoms with Gasteiger partial charge in [-0.25, -0.2) is 0 Å². The third-order valence-electron chi connectivity index (χ3n) is 7.56. The maximum Gasteiger partial charge on any atom is 0.306 e. The number of carbonyl (C=O) groups excluding carboxylic acids is 2. The predicted molar refractivity (Wildman–Crippen MR) is 214 cm³/mol. The van der Waals surface area contributed by atoms with Crippen LogP contribution in [0.4, 0.5) is 0 Å². The average Bonchev–Trinajstić information content (AvgIpc) is 3.12.